The molecule has 0 bridgehead atoms. The van der Waals surface area contributed by atoms with Gasteiger partial charge in [0, 0.05) is 16.0 Å². The predicted molar refractivity (Wildman–Crippen MR) is 87.3 cm³/mol. The molecule has 2 rings (SSSR count). The maximum Gasteiger partial charge on any atom is 0.269 e. The molecule has 7 heteroatoms. The van der Waals surface area contributed by atoms with Gasteiger partial charge in [-0.25, -0.2) is 0 Å². The van der Waals surface area contributed by atoms with E-state index in [1.165, 1.54) is 0 Å². The zero-order valence-corrected chi connectivity index (χ0v) is 14.6. The van der Waals surface area contributed by atoms with Gasteiger partial charge in [0.15, 0.2) is 0 Å². The number of nitrogens with one attached hydrogen (secondary N) is 1. The number of carbonyl (C=O) groups is 1. The van der Waals surface area contributed by atoms with E-state index in [1.54, 1.807) is 13.2 Å². The first-order chi connectivity index (χ1) is 9.82. The maximum absolute atomic E-state index is 12.5. The fourth-order valence-electron chi connectivity index (χ4n) is 1.74. The molecular weight excluding hydrogens is 354 g/mol. The van der Waals surface area contributed by atoms with Gasteiger partial charge < -0.3 is 10.1 Å². The highest BCUT2D eigenvalue weighted by Crippen LogP contribution is 2.30. The molecule has 0 saturated heterocycles. The van der Waals surface area contributed by atoms with E-state index in [1.807, 2.05) is 32.9 Å². The van der Waals surface area contributed by atoms with Crippen molar-refractivity contribution in [3.63, 3.8) is 0 Å². The Morgan fingerprint density at radius 1 is 1.38 bits per heavy atom. The number of hydrogen-bond donors (Lipinski definition) is 1. The standard InChI is InChI=1S/C14H16BrN3O2S/c1-14(2,3)12-11(21-18-17-12)13(19)16-10-7-8(20-4)5-6-9(10)15/h5-7H,1-4H3,(H,16,19). The first kappa shape index (κ1) is 15.9. The van der Waals surface area contributed by atoms with Gasteiger partial charge >= 0.3 is 0 Å². The summed E-state index contributed by atoms with van der Waals surface area (Å²) >= 11 is 4.51. The van der Waals surface area contributed by atoms with Crippen LogP contribution < -0.4 is 10.1 Å². The van der Waals surface area contributed by atoms with Crippen LogP contribution in [-0.4, -0.2) is 22.6 Å². The van der Waals surface area contributed by atoms with Crippen molar-refractivity contribution in [2.75, 3.05) is 12.4 Å². The molecule has 1 amide bonds. The highest BCUT2D eigenvalue weighted by atomic mass is 79.9. The fraction of sp³-hybridized carbons (Fsp3) is 0.357. The number of hydrogen-bond acceptors (Lipinski definition) is 5. The van der Waals surface area contributed by atoms with Crippen LogP contribution in [0.4, 0.5) is 5.69 Å². The largest absolute Gasteiger partial charge is 0.497 e. The topological polar surface area (TPSA) is 64.1 Å². The molecule has 0 fully saturated rings. The molecular formula is C14H16BrN3O2S. The number of nitrogens with zero attached hydrogens (tertiary/aromatic N) is 2. The van der Waals surface area contributed by atoms with Gasteiger partial charge in [-0.05, 0) is 39.6 Å². The predicted octanol–water partition coefficient (Wildman–Crippen LogP) is 3.86. The van der Waals surface area contributed by atoms with Gasteiger partial charge in [0.05, 0.1) is 18.5 Å². The highest BCUT2D eigenvalue weighted by Gasteiger charge is 2.26. The third-order valence-electron chi connectivity index (χ3n) is 2.83. The molecule has 0 unspecified atom stereocenters. The molecule has 2 aromatic rings. The van der Waals surface area contributed by atoms with E-state index >= 15 is 0 Å². The molecule has 5 nitrogen and oxygen atoms in total. The molecule has 0 aliphatic rings. The first-order valence-corrected chi connectivity index (χ1v) is 7.87. The Balaban J connectivity index is 2.29. The zero-order chi connectivity index (χ0) is 15.6. The smallest absolute Gasteiger partial charge is 0.269 e. The van der Waals surface area contributed by atoms with Crippen LogP contribution in [0.3, 0.4) is 0 Å². The van der Waals surface area contributed by atoms with Crippen molar-refractivity contribution in [3.8, 4) is 5.75 Å². The normalized spacial score (nSPS) is 11.3. The summed E-state index contributed by atoms with van der Waals surface area (Å²) in [5.74, 6) is 0.454. The van der Waals surface area contributed by atoms with Crippen LogP contribution in [0.1, 0.15) is 36.1 Å². The highest BCUT2D eigenvalue weighted by molar-refractivity contribution is 9.10. The summed E-state index contributed by atoms with van der Waals surface area (Å²) in [4.78, 5) is 13.0. The Kier molecular flexibility index (Phi) is 4.63. The van der Waals surface area contributed by atoms with Crippen molar-refractivity contribution in [2.45, 2.75) is 26.2 Å². The molecule has 0 aliphatic heterocycles. The van der Waals surface area contributed by atoms with E-state index in [9.17, 15) is 4.79 Å². The van der Waals surface area contributed by atoms with Gasteiger partial charge in [-0.15, -0.1) is 5.10 Å². The number of aromatic nitrogens is 2. The monoisotopic (exact) mass is 369 g/mol. The molecule has 112 valence electrons. The van der Waals surface area contributed by atoms with Crippen LogP contribution in [0.15, 0.2) is 22.7 Å². The molecule has 0 saturated carbocycles. The van der Waals surface area contributed by atoms with Gasteiger partial charge in [-0.1, -0.05) is 25.3 Å². The molecule has 0 atom stereocenters. The number of benzene rings is 1. The number of ether oxygens (including phenoxy) is 1. The van der Waals surface area contributed by atoms with Gasteiger partial charge in [-0.3, -0.25) is 4.79 Å². The van der Waals surface area contributed by atoms with Gasteiger partial charge in [0.2, 0.25) is 0 Å². The first-order valence-electron chi connectivity index (χ1n) is 6.30. The number of rotatable bonds is 3. The Labute approximate surface area is 136 Å². The Hall–Kier alpha value is -1.47. The summed E-state index contributed by atoms with van der Waals surface area (Å²) in [6.45, 7) is 6.01. The molecule has 1 N–H and O–H groups in total. The van der Waals surface area contributed by atoms with Crippen LogP contribution in [0.25, 0.3) is 0 Å². The average Bonchev–Trinajstić information content (AvgIpc) is 2.90. The van der Waals surface area contributed by atoms with Crippen molar-refractivity contribution >= 4 is 39.1 Å². The number of amides is 1. The van der Waals surface area contributed by atoms with Gasteiger partial charge in [-0.2, -0.15) is 0 Å². The lowest BCUT2D eigenvalue weighted by atomic mass is 9.91. The number of carbonyl (C=O) groups excluding carboxylic acids is 1. The van der Waals surface area contributed by atoms with Crippen molar-refractivity contribution < 1.29 is 9.53 Å². The van der Waals surface area contributed by atoms with Crippen molar-refractivity contribution in [1.29, 1.82) is 0 Å². The third kappa shape index (κ3) is 3.59. The van der Waals surface area contributed by atoms with E-state index < -0.39 is 0 Å². The zero-order valence-electron chi connectivity index (χ0n) is 12.2. The van der Waals surface area contributed by atoms with E-state index in [4.69, 9.17) is 4.74 Å². The summed E-state index contributed by atoms with van der Waals surface area (Å²) in [6, 6.07) is 5.39. The fourth-order valence-corrected chi connectivity index (χ4v) is 2.85. The molecule has 0 aliphatic carbocycles. The van der Waals surface area contributed by atoms with Crippen LogP contribution >= 0.6 is 27.5 Å². The minimum Gasteiger partial charge on any atom is -0.497 e. The summed E-state index contributed by atoms with van der Waals surface area (Å²) in [5.41, 5.74) is 1.11. The SMILES string of the molecule is COc1ccc(Br)c(NC(=O)c2snnc2C(C)(C)C)c1. The Bertz CT molecular complexity index is 664. The Morgan fingerprint density at radius 2 is 2.10 bits per heavy atom. The maximum atomic E-state index is 12.5. The number of anilines is 1. The minimum absolute atomic E-state index is 0.219. The van der Waals surface area contributed by atoms with Crippen molar-refractivity contribution in [2.24, 2.45) is 0 Å². The van der Waals surface area contributed by atoms with Crippen molar-refractivity contribution in [3.05, 3.63) is 33.2 Å². The van der Waals surface area contributed by atoms with Crippen LogP contribution in [-0.2, 0) is 5.41 Å². The van der Waals surface area contributed by atoms with E-state index in [0.717, 1.165) is 16.0 Å². The lowest BCUT2D eigenvalue weighted by molar-refractivity contribution is 0.102. The van der Waals surface area contributed by atoms with E-state index in [2.05, 4.69) is 30.8 Å². The van der Waals surface area contributed by atoms with E-state index in [-0.39, 0.29) is 11.3 Å². The van der Waals surface area contributed by atoms with Crippen LogP contribution in [0.5, 0.6) is 5.75 Å². The summed E-state index contributed by atoms with van der Waals surface area (Å²) in [5, 5.41) is 6.94. The summed E-state index contributed by atoms with van der Waals surface area (Å²) in [7, 11) is 1.58. The van der Waals surface area contributed by atoms with Crippen LogP contribution in [0, 0.1) is 0 Å². The lowest BCUT2D eigenvalue weighted by Gasteiger charge is -2.16. The van der Waals surface area contributed by atoms with Gasteiger partial charge in [0.25, 0.3) is 5.91 Å². The quantitative estimate of drug-likeness (QED) is 0.891. The molecule has 21 heavy (non-hydrogen) atoms. The summed E-state index contributed by atoms with van der Waals surface area (Å²) in [6.07, 6.45) is 0. The molecule has 0 radical (unpaired) electrons. The van der Waals surface area contributed by atoms with E-state index in [0.29, 0.717) is 22.0 Å². The lowest BCUT2D eigenvalue weighted by Crippen LogP contribution is -2.20. The minimum atomic E-state index is -0.231. The number of halogens is 1. The van der Waals surface area contributed by atoms with Gasteiger partial charge in [0.1, 0.15) is 10.6 Å². The van der Waals surface area contributed by atoms with Crippen LogP contribution in [0.2, 0.25) is 0 Å². The molecule has 1 aromatic carbocycles. The Morgan fingerprint density at radius 3 is 2.71 bits per heavy atom. The number of methoxy groups -OCH3 is 1. The molecule has 1 aromatic heterocycles. The summed E-state index contributed by atoms with van der Waals surface area (Å²) < 4.78 is 9.85. The second-order valence-electron chi connectivity index (χ2n) is 5.50. The molecule has 0 spiro atoms. The van der Waals surface area contributed by atoms with Crippen molar-refractivity contribution in [1.82, 2.24) is 9.59 Å². The molecule has 1 heterocycles. The second-order valence-corrected chi connectivity index (χ2v) is 7.11. The second kappa shape index (κ2) is 6.11. The average molecular weight is 370 g/mol. The third-order valence-corrected chi connectivity index (χ3v) is 4.24.